The molecule has 0 fully saturated rings. The predicted octanol–water partition coefficient (Wildman–Crippen LogP) is 4.29. The van der Waals surface area contributed by atoms with Gasteiger partial charge in [0.25, 0.3) is 0 Å². The van der Waals surface area contributed by atoms with Crippen LogP contribution in [0.3, 0.4) is 0 Å². The average Bonchev–Trinajstić information content (AvgIpc) is 2.59. The zero-order valence-corrected chi connectivity index (χ0v) is 14.5. The monoisotopic (exact) mass is 309 g/mol. The Morgan fingerprint density at radius 2 is 1.39 bits per heavy atom. The molecular weight excluding hydrogens is 282 g/mol. The summed E-state index contributed by atoms with van der Waals surface area (Å²) in [4.78, 5) is 15.3. The maximum Gasteiger partial charge on any atom is 0.147 e. The molecule has 0 saturated carbocycles. The third-order valence-electron chi connectivity index (χ3n) is 4.49. The second kappa shape index (κ2) is 8.07. The molecule has 2 aromatic carbocycles. The summed E-state index contributed by atoms with van der Waals surface area (Å²) < 4.78 is 0. The van der Waals surface area contributed by atoms with Crippen LogP contribution in [-0.2, 0) is 10.2 Å². The van der Waals surface area contributed by atoms with Crippen molar-refractivity contribution in [2.45, 2.75) is 31.6 Å². The van der Waals surface area contributed by atoms with E-state index in [1.54, 1.807) is 0 Å². The summed E-state index contributed by atoms with van der Waals surface area (Å²) in [5, 5.41) is 0. The van der Waals surface area contributed by atoms with Gasteiger partial charge in [-0.2, -0.15) is 0 Å². The molecule has 0 saturated heterocycles. The Hall–Kier alpha value is -1.93. The van der Waals surface area contributed by atoms with E-state index in [9.17, 15) is 4.79 Å². The first-order valence-electron chi connectivity index (χ1n) is 8.40. The fourth-order valence-electron chi connectivity index (χ4n) is 3.32. The molecule has 0 unspecified atom stereocenters. The fourth-order valence-corrected chi connectivity index (χ4v) is 3.32. The highest BCUT2D eigenvalue weighted by atomic mass is 16.1. The third-order valence-corrected chi connectivity index (χ3v) is 4.49. The lowest BCUT2D eigenvalue weighted by Gasteiger charge is -2.34. The summed E-state index contributed by atoms with van der Waals surface area (Å²) >= 11 is 0. The molecule has 0 radical (unpaired) electrons. The Morgan fingerprint density at radius 3 is 1.78 bits per heavy atom. The van der Waals surface area contributed by atoms with Crippen LogP contribution in [0.15, 0.2) is 60.7 Å². The first-order chi connectivity index (χ1) is 11.1. The molecule has 0 N–H and O–H groups in total. The van der Waals surface area contributed by atoms with E-state index in [-0.39, 0.29) is 0 Å². The van der Waals surface area contributed by atoms with Crippen LogP contribution in [0.5, 0.6) is 0 Å². The molecule has 122 valence electrons. The van der Waals surface area contributed by atoms with E-state index >= 15 is 0 Å². The minimum absolute atomic E-state index is 0.300. The Labute approximate surface area is 140 Å². The van der Waals surface area contributed by atoms with Crippen molar-refractivity contribution in [2.24, 2.45) is 0 Å². The van der Waals surface area contributed by atoms with Gasteiger partial charge in [0.15, 0.2) is 0 Å². The lowest BCUT2D eigenvalue weighted by molar-refractivity contribution is -0.123. The number of hydrogen-bond donors (Lipinski definition) is 0. The first-order valence-corrected chi connectivity index (χ1v) is 8.40. The summed E-state index contributed by atoms with van der Waals surface area (Å²) in [6.07, 6.45) is 2.38. The number of carbonyl (C=O) groups excluding carboxylic acids is 1. The van der Waals surface area contributed by atoms with Gasteiger partial charge in [-0.25, -0.2) is 0 Å². The second-order valence-electron chi connectivity index (χ2n) is 6.32. The Morgan fingerprint density at radius 1 is 0.913 bits per heavy atom. The van der Waals surface area contributed by atoms with Crippen LogP contribution in [0.25, 0.3) is 0 Å². The van der Waals surface area contributed by atoms with Gasteiger partial charge in [0.1, 0.15) is 5.78 Å². The van der Waals surface area contributed by atoms with E-state index in [1.807, 2.05) is 43.3 Å². The summed E-state index contributed by atoms with van der Waals surface area (Å²) in [7, 11) is 4.16. The normalized spacial score (nSPS) is 11.7. The molecule has 0 aliphatic heterocycles. The average molecular weight is 309 g/mol. The molecule has 0 atom stereocenters. The Balaban J connectivity index is 2.52. The second-order valence-corrected chi connectivity index (χ2v) is 6.32. The Bertz CT molecular complexity index is 565. The van der Waals surface area contributed by atoms with Crippen molar-refractivity contribution >= 4 is 5.78 Å². The van der Waals surface area contributed by atoms with Gasteiger partial charge in [-0.05, 0) is 44.6 Å². The van der Waals surface area contributed by atoms with Crippen molar-refractivity contribution in [2.75, 3.05) is 20.6 Å². The fraction of sp³-hybridized carbons (Fsp3) is 0.381. The molecule has 2 nitrogen and oxygen atoms in total. The minimum Gasteiger partial charge on any atom is -0.309 e. The van der Waals surface area contributed by atoms with Crippen LogP contribution in [0.4, 0.5) is 0 Å². The lowest BCUT2D eigenvalue weighted by Crippen LogP contribution is -2.37. The van der Waals surface area contributed by atoms with Crippen LogP contribution < -0.4 is 0 Å². The highest BCUT2D eigenvalue weighted by molar-refractivity contribution is 5.93. The van der Waals surface area contributed by atoms with Gasteiger partial charge in [0.2, 0.25) is 0 Å². The number of benzene rings is 2. The van der Waals surface area contributed by atoms with Gasteiger partial charge in [0.05, 0.1) is 5.41 Å². The van der Waals surface area contributed by atoms with Crippen LogP contribution in [0.1, 0.15) is 37.3 Å². The van der Waals surface area contributed by atoms with Crippen molar-refractivity contribution in [3.63, 3.8) is 0 Å². The maximum absolute atomic E-state index is 13.1. The van der Waals surface area contributed by atoms with E-state index in [0.717, 1.165) is 30.5 Å². The smallest absolute Gasteiger partial charge is 0.147 e. The predicted molar refractivity (Wildman–Crippen MR) is 96.8 cm³/mol. The maximum atomic E-state index is 13.1. The van der Waals surface area contributed by atoms with Gasteiger partial charge >= 0.3 is 0 Å². The molecule has 2 aromatic rings. The quantitative estimate of drug-likeness (QED) is 0.725. The third kappa shape index (κ3) is 3.89. The van der Waals surface area contributed by atoms with Crippen molar-refractivity contribution in [3.05, 3.63) is 71.8 Å². The molecule has 0 spiro atoms. The van der Waals surface area contributed by atoms with Gasteiger partial charge < -0.3 is 4.90 Å². The van der Waals surface area contributed by atoms with Crippen molar-refractivity contribution < 1.29 is 4.79 Å². The van der Waals surface area contributed by atoms with E-state index in [1.165, 1.54) is 0 Å². The molecule has 0 aromatic heterocycles. The van der Waals surface area contributed by atoms with E-state index in [0.29, 0.717) is 12.2 Å². The summed E-state index contributed by atoms with van der Waals surface area (Å²) in [6.45, 7) is 2.95. The summed E-state index contributed by atoms with van der Waals surface area (Å²) in [6, 6.07) is 20.5. The van der Waals surface area contributed by atoms with Crippen molar-refractivity contribution in [1.29, 1.82) is 0 Å². The van der Waals surface area contributed by atoms with Crippen LogP contribution in [0, 0.1) is 0 Å². The number of Topliss-reactive ketones (excluding diaryl/α,β-unsaturated/α-hetero) is 1. The summed E-state index contributed by atoms with van der Waals surface area (Å²) in [5.41, 5.74) is 1.68. The van der Waals surface area contributed by atoms with Crippen LogP contribution >= 0.6 is 0 Å². The van der Waals surface area contributed by atoms with Gasteiger partial charge in [-0.3, -0.25) is 4.79 Å². The van der Waals surface area contributed by atoms with E-state index < -0.39 is 5.41 Å². The first kappa shape index (κ1) is 17.4. The van der Waals surface area contributed by atoms with E-state index in [4.69, 9.17) is 0 Å². The van der Waals surface area contributed by atoms with Gasteiger partial charge in [0, 0.05) is 6.42 Å². The molecule has 2 rings (SSSR count). The standard InChI is InChI=1S/C21H27NO/c1-4-20(23)21(16-11-17-22(2)3,18-12-7-5-8-13-18)19-14-9-6-10-15-19/h5-10,12-15H,4,11,16-17H2,1-3H3. The zero-order chi connectivity index (χ0) is 16.7. The summed E-state index contributed by atoms with van der Waals surface area (Å²) in [5.74, 6) is 0.300. The van der Waals surface area contributed by atoms with Crippen molar-refractivity contribution in [1.82, 2.24) is 4.90 Å². The largest absolute Gasteiger partial charge is 0.309 e. The van der Waals surface area contributed by atoms with E-state index in [2.05, 4.69) is 43.3 Å². The molecule has 0 bridgehead atoms. The molecule has 2 heteroatoms. The molecule has 0 amide bonds. The highest BCUT2D eigenvalue weighted by Gasteiger charge is 2.39. The number of carbonyl (C=O) groups is 1. The van der Waals surface area contributed by atoms with Crippen molar-refractivity contribution in [3.8, 4) is 0 Å². The van der Waals surface area contributed by atoms with Crippen LogP contribution in [0.2, 0.25) is 0 Å². The zero-order valence-electron chi connectivity index (χ0n) is 14.5. The minimum atomic E-state index is -0.534. The topological polar surface area (TPSA) is 20.3 Å². The Kier molecular flexibility index (Phi) is 6.12. The molecule has 0 heterocycles. The number of nitrogens with zero attached hydrogens (tertiary/aromatic N) is 1. The molecule has 0 aliphatic carbocycles. The molecular formula is C21H27NO. The molecule has 0 aliphatic rings. The number of ketones is 1. The molecule has 23 heavy (non-hydrogen) atoms. The SMILES string of the molecule is CCC(=O)C(CCCN(C)C)(c1ccccc1)c1ccccc1. The number of rotatable bonds is 8. The highest BCUT2D eigenvalue weighted by Crippen LogP contribution is 2.38. The lowest BCUT2D eigenvalue weighted by atomic mass is 9.67. The van der Waals surface area contributed by atoms with Gasteiger partial charge in [-0.1, -0.05) is 67.6 Å². The number of hydrogen-bond acceptors (Lipinski definition) is 2. The van der Waals surface area contributed by atoms with Gasteiger partial charge in [-0.15, -0.1) is 0 Å². The van der Waals surface area contributed by atoms with Crippen LogP contribution in [-0.4, -0.2) is 31.3 Å².